The van der Waals surface area contributed by atoms with Crippen molar-refractivity contribution in [3.05, 3.63) is 112 Å². The van der Waals surface area contributed by atoms with Crippen molar-refractivity contribution >= 4 is 21.8 Å². The third kappa shape index (κ3) is 3.90. The van der Waals surface area contributed by atoms with Gasteiger partial charge in [-0.2, -0.15) is 4.31 Å². The zero-order valence-electron chi connectivity index (χ0n) is 16.3. The van der Waals surface area contributed by atoms with E-state index in [1.54, 1.807) is 36.4 Å². The van der Waals surface area contributed by atoms with Crippen LogP contribution < -0.4 is 0 Å². The van der Waals surface area contributed by atoms with Crippen LogP contribution in [0.1, 0.15) is 22.7 Å². The maximum Gasteiger partial charge on any atom is 0.269 e. The van der Waals surface area contributed by atoms with Crippen molar-refractivity contribution in [3.8, 4) is 0 Å². The summed E-state index contributed by atoms with van der Waals surface area (Å²) in [7, 11) is -3.71. The zero-order valence-corrected chi connectivity index (χ0v) is 17.1. The molecule has 3 aromatic carbocycles. The van der Waals surface area contributed by atoms with E-state index < -0.39 is 21.0 Å². The van der Waals surface area contributed by atoms with Crippen LogP contribution >= 0.6 is 0 Å². The first kappa shape index (κ1) is 20.0. The third-order valence-corrected chi connectivity index (χ3v) is 7.02. The van der Waals surface area contributed by atoms with Crippen molar-refractivity contribution in [2.45, 2.75) is 23.9 Å². The summed E-state index contributed by atoms with van der Waals surface area (Å²) >= 11 is 0. The second kappa shape index (κ2) is 7.85. The van der Waals surface area contributed by atoms with E-state index in [4.69, 9.17) is 0 Å². The smallest absolute Gasteiger partial charge is 0.258 e. The van der Waals surface area contributed by atoms with Crippen molar-refractivity contribution in [2.24, 2.45) is 0 Å². The molecule has 0 amide bonds. The second-order valence-electron chi connectivity index (χ2n) is 7.20. The van der Waals surface area contributed by atoms with Crippen LogP contribution in [-0.2, 0) is 10.0 Å². The normalized spacial score (nSPS) is 20.9. The van der Waals surface area contributed by atoms with Gasteiger partial charge in [0.2, 0.25) is 10.0 Å². The molecule has 4 rings (SSSR count). The number of sulfonamides is 1. The van der Waals surface area contributed by atoms with Gasteiger partial charge in [0, 0.05) is 12.1 Å². The van der Waals surface area contributed by atoms with Crippen molar-refractivity contribution in [3.63, 3.8) is 0 Å². The SMILES string of the molecule is Cc1ccc(S(=O)(=O)N2[C@H](/C=C/c3ccccc3)[C@H]2c2ccc([N+](=O)[O-])cc2)cc1. The highest BCUT2D eigenvalue weighted by Crippen LogP contribution is 2.48. The summed E-state index contributed by atoms with van der Waals surface area (Å²) in [6.07, 6.45) is 3.76. The number of hydrogen-bond donors (Lipinski definition) is 0. The van der Waals surface area contributed by atoms with Crippen LogP contribution in [0.2, 0.25) is 0 Å². The minimum atomic E-state index is -3.71. The highest BCUT2D eigenvalue weighted by atomic mass is 32.2. The predicted octanol–water partition coefficient (Wildman–Crippen LogP) is 4.73. The van der Waals surface area contributed by atoms with E-state index in [1.807, 2.05) is 49.4 Å². The van der Waals surface area contributed by atoms with E-state index in [-0.39, 0.29) is 16.6 Å². The molecule has 6 nitrogen and oxygen atoms in total. The molecule has 1 fully saturated rings. The first-order valence-electron chi connectivity index (χ1n) is 9.46. The molecule has 1 heterocycles. The molecule has 1 unspecified atom stereocenters. The lowest BCUT2D eigenvalue weighted by molar-refractivity contribution is -0.384. The molecule has 1 aliphatic rings. The zero-order chi connectivity index (χ0) is 21.3. The Morgan fingerprint density at radius 1 is 0.933 bits per heavy atom. The van der Waals surface area contributed by atoms with Gasteiger partial charge in [0.05, 0.1) is 21.9 Å². The summed E-state index contributed by atoms with van der Waals surface area (Å²) in [6, 6.07) is 21.7. The van der Waals surface area contributed by atoms with Gasteiger partial charge in [-0.3, -0.25) is 10.1 Å². The summed E-state index contributed by atoms with van der Waals surface area (Å²) in [4.78, 5) is 10.7. The lowest BCUT2D eigenvalue weighted by atomic mass is 10.1. The van der Waals surface area contributed by atoms with Crippen molar-refractivity contribution in [2.75, 3.05) is 0 Å². The molecule has 0 bridgehead atoms. The van der Waals surface area contributed by atoms with Gasteiger partial charge in [-0.25, -0.2) is 8.42 Å². The Hall–Kier alpha value is -3.29. The number of nitro benzene ring substituents is 1. The molecule has 0 aromatic heterocycles. The van der Waals surface area contributed by atoms with Crippen LogP contribution in [0.25, 0.3) is 6.08 Å². The quantitative estimate of drug-likeness (QED) is 0.328. The summed E-state index contributed by atoms with van der Waals surface area (Å²) in [5.74, 6) is 0. The number of rotatable bonds is 6. The molecule has 0 N–H and O–H groups in total. The Morgan fingerprint density at radius 2 is 1.57 bits per heavy atom. The molecular weight excluding hydrogens is 400 g/mol. The summed E-state index contributed by atoms with van der Waals surface area (Å²) in [5, 5.41) is 10.9. The molecule has 0 radical (unpaired) electrons. The van der Waals surface area contributed by atoms with E-state index in [0.717, 1.165) is 16.7 Å². The standard InChI is InChI=1S/C23H20N2O4S/c1-17-7-14-21(15-8-17)30(28,29)24-22(16-9-18-5-3-2-4-6-18)23(24)19-10-12-20(13-11-19)25(26)27/h2-16,22-23H,1H3/b16-9+/t22-,23-,24?/m1/s1. The number of nitrogens with zero attached hydrogens (tertiary/aromatic N) is 2. The Morgan fingerprint density at radius 3 is 2.17 bits per heavy atom. The molecule has 0 spiro atoms. The van der Waals surface area contributed by atoms with Gasteiger partial charge in [0.15, 0.2) is 0 Å². The fourth-order valence-corrected chi connectivity index (χ4v) is 5.19. The molecule has 3 atom stereocenters. The van der Waals surface area contributed by atoms with E-state index in [1.165, 1.54) is 16.4 Å². The maximum absolute atomic E-state index is 13.3. The van der Waals surface area contributed by atoms with Gasteiger partial charge >= 0.3 is 0 Å². The average Bonchev–Trinajstić information content (AvgIpc) is 3.49. The third-order valence-electron chi connectivity index (χ3n) is 5.13. The van der Waals surface area contributed by atoms with Gasteiger partial charge in [0.1, 0.15) is 0 Å². The number of hydrogen-bond acceptors (Lipinski definition) is 4. The first-order valence-corrected chi connectivity index (χ1v) is 10.9. The minimum absolute atomic E-state index is 0.0243. The van der Waals surface area contributed by atoms with E-state index in [9.17, 15) is 18.5 Å². The minimum Gasteiger partial charge on any atom is -0.258 e. The molecule has 1 saturated heterocycles. The Labute approximate surface area is 175 Å². The summed E-state index contributed by atoms with van der Waals surface area (Å²) in [5.41, 5.74) is 2.65. The Bertz CT molecular complexity index is 1190. The van der Waals surface area contributed by atoms with E-state index >= 15 is 0 Å². The van der Waals surface area contributed by atoms with Crippen molar-refractivity contribution in [1.82, 2.24) is 4.31 Å². The van der Waals surface area contributed by atoms with Crippen LogP contribution in [0.15, 0.2) is 89.8 Å². The fraction of sp³-hybridized carbons (Fsp3) is 0.130. The lowest BCUT2D eigenvalue weighted by Gasteiger charge is -2.07. The average molecular weight is 420 g/mol. The number of non-ortho nitro benzene ring substituents is 1. The van der Waals surface area contributed by atoms with Crippen LogP contribution in [0.4, 0.5) is 5.69 Å². The highest BCUT2D eigenvalue weighted by molar-refractivity contribution is 7.89. The van der Waals surface area contributed by atoms with Crippen LogP contribution in [0.5, 0.6) is 0 Å². The van der Waals surface area contributed by atoms with Crippen LogP contribution in [0.3, 0.4) is 0 Å². The van der Waals surface area contributed by atoms with Gasteiger partial charge in [-0.1, -0.05) is 72.3 Å². The van der Waals surface area contributed by atoms with E-state index in [2.05, 4.69) is 0 Å². The molecule has 1 aliphatic heterocycles. The van der Waals surface area contributed by atoms with Gasteiger partial charge < -0.3 is 0 Å². The molecule has 0 saturated carbocycles. The van der Waals surface area contributed by atoms with Crippen LogP contribution in [-0.4, -0.2) is 23.7 Å². The topological polar surface area (TPSA) is 80.3 Å². The Kier molecular flexibility index (Phi) is 5.24. The summed E-state index contributed by atoms with van der Waals surface area (Å²) < 4.78 is 28.0. The van der Waals surface area contributed by atoms with E-state index in [0.29, 0.717) is 0 Å². The van der Waals surface area contributed by atoms with Gasteiger partial charge in [-0.15, -0.1) is 0 Å². The number of aryl methyl sites for hydroxylation is 1. The lowest BCUT2D eigenvalue weighted by Crippen LogP contribution is -2.14. The van der Waals surface area contributed by atoms with Crippen molar-refractivity contribution < 1.29 is 13.3 Å². The molecule has 7 heteroatoms. The predicted molar refractivity (Wildman–Crippen MR) is 115 cm³/mol. The molecule has 152 valence electrons. The Balaban J connectivity index is 1.68. The highest BCUT2D eigenvalue weighted by Gasteiger charge is 2.54. The first-order chi connectivity index (χ1) is 14.4. The molecule has 0 aliphatic carbocycles. The number of benzene rings is 3. The number of nitro groups is 1. The van der Waals surface area contributed by atoms with Crippen LogP contribution in [0, 0.1) is 17.0 Å². The molecular formula is C23H20N2O4S. The maximum atomic E-state index is 13.3. The molecule has 30 heavy (non-hydrogen) atoms. The van der Waals surface area contributed by atoms with Gasteiger partial charge in [-0.05, 0) is 30.2 Å². The largest absolute Gasteiger partial charge is 0.269 e. The van der Waals surface area contributed by atoms with Gasteiger partial charge in [0.25, 0.3) is 5.69 Å². The molecule has 3 aromatic rings. The van der Waals surface area contributed by atoms with Crippen molar-refractivity contribution in [1.29, 1.82) is 0 Å². The fourth-order valence-electron chi connectivity index (χ4n) is 3.47. The summed E-state index contributed by atoms with van der Waals surface area (Å²) in [6.45, 7) is 1.90. The monoisotopic (exact) mass is 420 g/mol. The second-order valence-corrected chi connectivity index (χ2v) is 9.05.